The Morgan fingerprint density at radius 2 is 1.12 bits per heavy atom. The third-order valence-electron chi connectivity index (χ3n) is 4.96. The summed E-state index contributed by atoms with van der Waals surface area (Å²) in [7, 11) is 0. The lowest BCUT2D eigenvalue weighted by Crippen LogP contribution is -2.38. The van der Waals surface area contributed by atoms with E-state index < -0.39 is 5.54 Å². The van der Waals surface area contributed by atoms with Crippen LogP contribution in [0.4, 0.5) is 0 Å². The number of benzene rings is 3. The van der Waals surface area contributed by atoms with Crippen LogP contribution < -0.4 is 0 Å². The van der Waals surface area contributed by atoms with Crippen molar-refractivity contribution in [3.8, 4) is 0 Å². The van der Waals surface area contributed by atoms with Gasteiger partial charge in [-0.05, 0) is 28.7 Å². The van der Waals surface area contributed by atoms with E-state index in [1.54, 1.807) is 0 Å². The molecule has 0 amide bonds. The van der Waals surface area contributed by atoms with Crippen LogP contribution in [-0.2, 0) is 12.0 Å². The topological polar surface area (TPSA) is 17.8 Å². The average molecular weight is 338 g/mol. The summed E-state index contributed by atoms with van der Waals surface area (Å²) >= 11 is 0. The van der Waals surface area contributed by atoms with Gasteiger partial charge in [0.1, 0.15) is 5.54 Å². The van der Waals surface area contributed by atoms with Crippen LogP contribution >= 0.6 is 0 Å². The molecule has 0 radical (unpaired) electrons. The minimum absolute atomic E-state index is 0.503. The van der Waals surface area contributed by atoms with Gasteiger partial charge in [0.2, 0.25) is 0 Å². The van der Waals surface area contributed by atoms with Crippen LogP contribution in [0.25, 0.3) is 0 Å². The summed E-state index contributed by atoms with van der Waals surface area (Å²) in [6.07, 6.45) is 5.12. The van der Waals surface area contributed by atoms with Gasteiger partial charge in [0.25, 0.3) is 0 Å². The van der Waals surface area contributed by atoms with Crippen molar-refractivity contribution in [1.29, 1.82) is 0 Å². The molecule has 0 fully saturated rings. The summed E-state index contributed by atoms with van der Waals surface area (Å²) in [6.45, 7) is 2.16. The second-order valence-corrected chi connectivity index (χ2v) is 6.46. The van der Waals surface area contributed by atoms with Crippen LogP contribution in [0.2, 0.25) is 0 Å². The zero-order chi connectivity index (χ0) is 17.8. The summed E-state index contributed by atoms with van der Waals surface area (Å²) < 4.78 is 2.12. The van der Waals surface area contributed by atoms with Gasteiger partial charge in [-0.15, -0.1) is 0 Å². The predicted octanol–water partition coefficient (Wildman–Crippen LogP) is 5.29. The molecule has 1 heterocycles. The lowest BCUT2D eigenvalue weighted by Gasteiger charge is -2.36. The molecule has 0 spiro atoms. The molecule has 0 aliphatic heterocycles. The summed E-state index contributed by atoms with van der Waals surface area (Å²) in [5.74, 6) is 0. The first-order chi connectivity index (χ1) is 12.9. The molecule has 0 saturated carbocycles. The Morgan fingerprint density at radius 3 is 1.46 bits per heavy atom. The third kappa shape index (κ3) is 2.64. The zero-order valence-corrected chi connectivity index (χ0v) is 14.9. The van der Waals surface area contributed by atoms with Crippen molar-refractivity contribution >= 4 is 0 Å². The molecule has 0 atom stereocenters. The van der Waals surface area contributed by atoms with Crippen molar-refractivity contribution in [2.24, 2.45) is 0 Å². The maximum absolute atomic E-state index is 4.81. The van der Waals surface area contributed by atoms with Crippen LogP contribution in [-0.4, -0.2) is 9.78 Å². The van der Waals surface area contributed by atoms with E-state index in [4.69, 9.17) is 5.10 Å². The van der Waals surface area contributed by atoms with Gasteiger partial charge in [-0.3, -0.25) is 4.68 Å². The monoisotopic (exact) mass is 338 g/mol. The summed E-state index contributed by atoms with van der Waals surface area (Å²) in [5.41, 5.74) is 4.32. The van der Waals surface area contributed by atoms with E-state index in [0.29, 0.717) is 0 Å². The van der Waals surface area contributed by atoms with E-state index in [-0.39, 0.29) is 0 Å². The van der Waals surface area contributed by atoms with Crippen molar-refractivity contribution in [3.63, 3.8) is 0 Å². The number of rotatable bonds is 5. The Balaban J connectivity index is 2.10. The fourth-order valence-corrected chi connectivity index (χ4v) is 3.66. The Hall–Kier alpha value is -3.13. The second kappa shape index (κ2) is 7.01. The molecule has 128 valence electrons. The maximum atomic E-state index is 4.81. The third-order valence-corrected chi connectivity index (χ3v) is 4.96. The smallest absolute Gasteiger partial charge is 0.137 e. The predicted molar refractivity (Wildman–Crippen MR) is 106 cm³/mol. The van der Waals surface area contributed by atoms with Crippen molar-refractivity contribution in [3.05, 3.63) is 126 Å². The molecule has 4 aromatic rings. The van der Waals surface area contributed by atoms with E-state index in [0.717, 1.165) is 6.42 Å². The number of nitrogens with zero attached hydrogens (tertiary/aromatic N) is 2. The molecule has 4 rings (SSSR count). The van der Waals surface area contributed by atoms with Gasteiger partial charge in [0.05, 0.1) is 6.20 Å². The van der Waals surface area contributed by atoms with Gasteiger partial charge in [-0.2, -0.15) is 5.10 Å². The Labute approximate surface area is 154 Å². The van der Waals surface area contributed by atoms with Gasteiger partial charge in [-0.1, -0.05) is 97.9 Å². The van der Waals surface area contributed by atoms with Crippen LogP contribution in [0.15, 0.2) is 103 Å². The van der Waals surface area contributed by atoms with Crippen LogP contribution in [0, 0.1) is 0 Å². The van der Waals surface area contributed by atoms with E-state index in [1.165, 1.54) is 22.3 Å². The van der Waals surface area contributed by atoms with Gasteiger partial charge in [0.15, 0.2) is 0 Å². The van der Waals surface area contributed by atoms with Gasteiger partial charge in [-0.25, -0.2) is 0 Å². The number of aromatic nitrogens is 2. The van der Waals surface area contributed by atoms with Crippen molar-refractivity contribution in [2.45, 2.75) is 18.9 Å². The normalized spacial score (nSPS) is 11.4. The number of aryl methyl sites for hydroxylation is 1. The molecular formula is C24H22N2. The Bertz CT molecular complexity index is 860. The molecule has 3 aromatic carbocycles. The molecule has 0 saturated heterocycles. The molecule has 0 N–H and O–H groups in total. The van der Waals surface area contributed by atoms with E-state index in [9.17, 15) is 0 Å². The van der Waals surface area contributed by atoms with Gasteiger partial charge in [0, 0.05) is 6.20 Å². The highest BCUT2D eigenvalue weighted by molar-refractivity contribution is 5.50. The highest BCUT2D eigenvalue weighted by atomic mass is 15.3. The van der Waals surface area contributed by atoms with Gasteiger partial charge < -0.3 is 0 Å². The second-order valence-electron chi connectivity index (χ2n) is 6.46. The quantitative estimate of drug-likeness (QED) is 0.452. The molecule has 2 nitrogen and oxygen atoms in total. The maximum Gasteiger partial charge on any atom is 0.137 e. The molecule has 0 aliphatic rings. The molecule has 0 bridgehead atoms. The molecule has 26 heavy (non-hydrogen) atoms. The summed E-state index contributed by atoms with van der Waals surface area (Å²) in [4.78, 5) is 0. The number of hydrogen-bond donors (Lipinski definition) is 0. The summed E-state index contributed by atoms with van der Waals surface area (Å²) in [6, 6.07) is 31.9. The zero-order valence-electron chi connectivity index (χ0n) is 14.9. The molecule has 2 heteroatoms. The van der Waals surface area contributed by atoms with Crippen LogP contribution in [0.1, 0.15) is 29.2 Å². The van der Waals surface area contributed by atoms with Crippen molar-refractivity contribution in [2.75, 3.05) is 0 Å². The van der Waals surface area contributed by atoms with Crippen LogP contribution in [0.3, 0.4) is 0 Å². The molecule has 0 aliphatic carbocycles. The Kier molecular flexibility index (Phi) is 4.40. The highest BCUT2D eigenvalue weighted by Crippen LogP contribution is 2.40. The summed E-state index contributed by atoms with van der Waals surface area (Å²) in [5, 5.41) is 4.81. The van der Waals surface area contributed by atoms with E-state index in [1.807, 2.05) is 6.20 Å². The lowest BCUT2D eigenvalue weighted by atomic mass is 9.77. The fraction of sp³-hybridized carbons (Fsp3) is 0.125. The first-order valence-electron chi connectivity index (χ1n) is 9.06. The minimum atomic E-state index is -0.503. The van der Waals surface area contributed by atoms with Crippen LogP contribution in [0.5, 0.6) is 0 Å². The van der Waals surface area contributed by atoms with Gasteiger partial charge >= 0.3 is 0 Å². The number of hydrogen-bond acceptors (Lipinski definition) is 1. The van der Waals surface area contributed by atoms with E-state index in [2.05, 4.69) is 109 Å². The highest BCUT2D eigenvalue weighted by Gasteiger charge is 2.39. The SMILES string of the molecule is CCc1cnn(C(c2ccccc2)(c2ccccc2)c2ccccc2)c1. The van der Waals surface area contributed by atoms with E-state index >= 15 is 0 Å². The largest absolute Gasteiger partial charge is 0.253 e. The average Bonchev–Trinajstić information content (AvgIpc) is 3.21. The standard InChI is InChI=1S/C24H22N2/c1-2-20-18-25-26(19-20)24(21-12-6-3-7-13-21,22-14-8-4-9-15-22)23-16-10-5-11-17-23/h3-19H,2H2,1H3. The lowest BCUT2D eigenvalue weighted by molar-refractivity contribution is 0.460. The first-order valence-corrected chi connectivity index (χ1v) is 9.06. The molecule has 0 unspecified atom stereocenters. The Morgan fingerprint density at radius 1 is 0.692 bits per heavy atom. The molecular weight excluding hydrogens is 316 g/mol. The first kappa shape index (κ1) is 16.3. The molecule has 1 aromatic heterocycles. The van der Waals surface area contributed by atoms with Crippen molar-refractivity contribution in [1.82, 2.24) is 9.78 Å². The fourth-order valence-electron chi connectivity index (χ4n) is 3.66. The minimum Gasteiger partial charge on any atom is -0.253 e. The van der Waals surface area contributed by atoms with Crippen molar-refractivity contribution < 1.29 is 0 Å².